The monoisotopic (exact) mass is 238 g/mol. The molecular formula is C15H26O2. The largest absolute Gasteiger partial charge is 0.390 e. The van der Waals surface area contributed by atoms with Crippen molar-refractivity contribution >= 4 is 0 Å². The summed E-state index contributed by atoms with van der Waals surface area (Å²) in [7, 11) is 0. The van der Waals surface area contributed by atoms with E-state index in [2.05, 4.69) is 0 Å². The Hall–Kier alpha value is -0.0800. The fourth-order valence-electron chi connectivity index (χ4n) is 4.48. The molecule has 0 amide bonds. The first kappa shape index (κ1) is 12.0. The van der Waals surface area contributed by atoms with E-state index in [1.165, 1.54) is 38.5 Å². The van der Waals surface area contributed by atoms with Crippen molar-refractivity contribution in [3.63, 3.8) is 0 Å². The Balaban J connectivity index is 1.62. The van der Waals surface area contributed by atoms with E-state index in [4.69, 9.17) is 4.74 Å². The van der Waals surface area contributed by atoms with Crippen molar-refractivity contribution in [2.24, 2.45) is 11.3 Å². The van der Waals surface area contributed by atoms with Crippen LogP contribution >= 0.6 is 0 Å². The summed E-state index contributed by atoms with van der Waals surface area (Å²) in [6, 6.07) is 0. The predicted octanol–water partition coefficient (Wildman–Crippen LogP) is 3.28. The van der Waals surface area contributed by atoms with Gasteiger partial charge in [-0.15, -0.1) is 0 Å². The average Bonchev–Trinajstić information content (AvgIpc) is 2.84. The van der Waals surface area contributed by atoms with E-state index in [1.54, 1.807) is 0 Å². The maximum absolute atomic E-state index is 10.9. The van der Waals surface area contributed by atoms with Crippen molar-refractivity contribution in [2.75, 3.05) is 13.2 Å². The van der Waals surface area contributed by atoms with Crippen LogP contribution in [0.25, 0.3) is 0 Å². The Kier molecular flexibility index (Phi) is 3.20. The van der Waals surface area contributed by atoms with Crippen LogP contribution in [0.1, 0.15) is 64.2 Å². The third-order valence-electron chi connectivity index (χ3n) is 5.82. The van der Waals surface area contributed by atoms with Gasteiger partial charge in [-0.3, -0.25) is 0 Å². The van der Waals surface area contributed by atoms with Crippen molar-refractivity contribution in [1.82, 2.24) is 0 Å². The zero-order valence-corrected chi connectivity index (χ0v) is 10.9. The van der Waals surface area contributed by atoms with Crippen LogP contribution in [0, 0.1) is 11.3 Å². The normalized spacial score (nSPS) is 33.0. The molecule has 2 heteroatoms. The first-order chi connectivity index (χ1) is 8.23. The van der Waals surface area contributed by atoms with E-state index in [-0.39, 0.29) is 5.60 Å². The lowest BCUT2D eigenvalue weighted by Gasteiger charge is -2.47. The average molecular weight is 238 g/mol. The summed E-state index contributed by atoms with van der Waals surface area (Å²) in [5, 5.41) is 10.9. The molecule has 1 saturated heterocycles. The second-order valence-corrected chi connectivity index (χ2v) is 6.70. The first-order valence-electron chi connectivity index (χ1n) is 7.53. The maximum Gasteiger partial charge on any atom is 0.0678 e. The van der Waals surface area contributed by atoms with Crippen LogP contribution in [0.4, 0.5) is 0 Å². The molecule has 1 aliphatic heterocycles. The third-order valence-corrected chi connectivity index (χ3v) is 5.82. The molecule has 0 unspecified atom stereocenters. The topological polar surface area (TPSA) is 29.5 Å². The van der Waals surface area contributed by atoms with Crippen molar-refractivity contribution in [3.8, 4) is 0 Å². The molecule has 98 valence electrons. The van der Waals surface area contributed by atoms with Gasteiger partial charge in [0.05, 0.1) is 5.60 Å². The van der Waals surface area contributed by atoms with Gasteiger partial charge in [0, 0.05) is 13.2 Å². The Bertz CT molecular complexity index is 252. The van der Waals surface area contributed by atoms with Gasteiger partial charge in [-0.05, 0) is 62.7 Å². The summed E-state index contributed by atoms with van der Waals surface area (Å²) >= 11 is 0. The highest BCUT2D eigenvalue weighted by molar-refractivity contribution is 4.98. The van der Waals surface area contributed by atoms with Gasteiger partial charge < -0.3 is 9.84 Å². The summed E-state index contributed by atoms with van der Waals surface area (Å²) in [5.41, 5.74) is 0.287. The van der Waals surface area contributed by atoms with Crippen molar-refractivity contribution in [3.05, 3.63) is 0 Å². The van der Waals surface area contributed by atoms with Gasteiger partial charge in [-0.1, -0.05) is 12.8 Å². The minimum atomic E-state index is -0.350. The molecule has 1 heterocycles. The SMILES string of the molecule is OC1(C2CCOCC2)CCC2(CCCC2)CC1. The standard InChI is InChI=1S/C15H26O2/c16-15(13-3-11-17-12-4-13)9-7-14(8-10-15)5-1-2-6-14/h13,16H,1-12H2. The molecule has 3 fully saturated rings. The number of hydrogen-bond acceptors (Lipinski definition) is 2. The second kappa shape index (κ2) is 4.55. The van der Waals surface area contributed by atoms with Gasteiger partial charge in [-0.2, -0.15) is 0 Å². The van der Waals surface area contributed by atoms with E-state index in [0.29, 0.717) is 11.3 Å². The van der Waals surface area contributed by atoms with Crippen LogP contribution < -0.4 is 0 Å². The Labute approximate surface area is 105 Å². The summed E-state index contributed by atoms with van der Waals surface area (Å²) in [6.07, 6.45) is 12.5. The Morgan fingerprint density at radius 2 is 1.41 bits per heavy atom. The molecule has 3 aliphatic rings. The zero-order valence-electron chi connectivity index (χ0n) is 10.9. The number of rotatable bonds is 1. The molecule has 0 aromatic heterocycles. The minimum Gasteiger partial charge on any atom is -0.390 e. The molecule has 0 bridgehead atoms. The minimum absolute atomic E-state index is 0.350. The van der Waals surface area contributed by atoms with Crippen LogP contribution in [0.15, 0.2) is 0 Å². The van der Waals surface area contributed by atoms with Crippen molar-refractivity contribution < 1.29 is 9.84 Å². The zero-order chi connectivity index (χ0) is 11.8. The fraction of sp³-hybridized carbons (Fsp3) is 1.00. The van der Waals surface area contributed by atoms with Crippen LogP contribution in [0.3, 0.4) is 0 Å². The molecule has 2 nitrogen and oxygen atoms in total. The van der Waals surface area contributed by atoms with Gasteiger partial charge in [0.25, 0.3) is 0 Å². The second-order valence-electron chi connectivity index (χ2n) is 6.70. The molecule has 0 aromatic carbocycles. The van der Waals surface area contributed by atoms with Crippen LogP contribution in [-0.4, -0.2) is 23.9 Å². The van der Waals surface area contributed by atoms with Gasteiger partial charge in [0.15, 0.2) is 0 Å². The Morgan fingerprint density at radius 3 is 2.00 bits per heavy atom. The molecule has 1 spiro atoms. The summed E-state index contributed by atoms with van der Waals surface area (Å²) < 4.78 is 5.42. The Morgan fingerprint density at radius 1 is 0.824 bits per heavy atom. The van der Waals surface area contributed by atoms with E-state index in [1.807, 2.05) is 0 Å². The predicted molar refractivity (Wildman–Crippen MR) is 67.9 cm³/mol. The molecule has 0 radical (unpaired) electrons. The lowest BCUT2D eigenvalue weighted by molar-refractivity contribution is -0.105. The molecule has 3 rings (SSSR count). The van der Waals surface area contributed by atoms with Gasteiger partial charge in [0.1, 0.15) is 0 Å². The first-order valence-corrected chi connectivity index (χ1v) is 7.53. The van der Waals surface area contributed by atoms with Gasteiger partial charge in [0.2, 0.25) is 0 Å². The molecule has 1 N–H and O–H groups in total. The fourth-order valence-corrected chi connectivity index (χ4v) is 4.48. The molecule has 2 aliphatic carbocycles. The highest BCUT2D eigenvalue weighted by Crippen LogP contribution is 2.53. The van der Waals surface area contributed by atoms with Crippen molar-refractivity contribution in [2.45, 2.75) is 69.8 Å². The van der Waals surface area contributed by atoms with E-state index >= 15 is 0 Å². The molecular weight excluding hydrogens is 212 g/mol. The quantitative estimate of drug-likeness (QED) is 0.759. The van der Waals surface area contributed by atoms with Gasteiger partial charge >= 0.3 is 0 Å². The van der Waals surface area contributed by atoms with Crippen molar-refractivity contribution in [1.29, 1.82) is 0 Å². The molecule has 0 atom stereocenters. The molecule has 2 saturated carbocycles. The molecule has 17 heavy (non-hydrogen) atoms. The van der Waals surface area contributed by atoms with Crippen LogP contribution in [0.5, 0.6) is 0 Å². The number of aliphatic hydroxyl groups is 1. The summed E-state index contributed by atoms with van der Waals surface area (Å²) in [5.74, 6) is 0.509. The van der Waals surface area contributed by atoms with E-state index in [0.717, 1.165) is 38.9 Å². The summed E-state index contributed by atoms with van der Waals surface area (Å²) in [4.78, 5) is 0. The van der Waals surface area contributed by atoms with Gasteiger partial charge in [-0.25, -0.2) is 0 Å². The van der Waals surface area contributed by atoms with E-state index in [9.17, 15) is 5.11 Å². The lowest BCUT2D eigenvalue weighted by Crippen LogP contribution is -2.46. The third kappa shape index (κ3) is 2.26. The molecule has 0 aromatic rings. The highest BCUT2D eigenvalue weighted by atomic mass is 16.5. The van der Waals surface area contributed by atoms with Crippen LogP contribution in [0.2, 0.25) is 0 Å². The highest BCUT2D eigenvalue weighted by Gasteiger charge is 2.46. The number of hydrogen-bond donors (Lipinski definition) is 1. The van der Waals surface area contributed by atoms with Crippen LogP contribution in [-0.2, 0) is 4.74 Å². The van der Waals surface area contributed by atoms with E-state index < -0.39 is 0 Å². The maximum atomic E-state index is 10.9. The smallest absolute Gasteiger partial charge is 0.0678 e. The number of ether oxygens (including phenoxy) is 1. The lowest BCUT2D eigenvalue weighted by atomic mass is 9.63. The summed E-state index contributed by atoms with van der Waals surface area (Å²) in [6.45, 7) is 1.72.